The first-order valence-corrected chi connectivity index (χ1v) is 19.2. The molecule has 1 heterocycles. The van der Waals surface area contributed by atoms with Crippen molar-refractivity contribution in [3.63, 3.8) is 0 Å². The van der Waals surface area contributed by atoms with E-state index in [-0.39, 0.29) is 17.7 Å². The van der Waals surface area contributed by atoms with E-state index in [4.69, 9.17) is 23.4 Å². The van der Waals surface area contributed by atoms with Crippen LogP contribution >= 0.6 is 0 Å². The molecule has 2 aliphatic rings. The Balaban J connectivity index is 1.19. The Bertz CT molecular complexity index is 1170. The molecule has 3 atom stereocenters. The zero-order valence-electron chi connectivity index (χ0n) is 27.7. The summed E-state index contributed by atoms with van der Waals surface area (Å²) in [4.78, 5) is 14.6. The van der Waals surface area contributed by atoms with E-state index in [1.807, 2.05) is 42.5 Å². The number of hydrogen-bond acceptors (Lipinski definition) is 7. The number of benzene rings is 2. The highest BCUT2D eigenvalue weighted by atomic mass is 28.4. The molecule has 9 heteroatoms. The Kier molecular flexibility index (Phi) is 12.6. The van der Waals surface area contributed by atoms with Gasteiger partial charge in [0.25, 0.3) is 0 Å². The normalized spacial score (nSPS) is 21.2. The first kappa shape index (κ1) is 34.3. The topological polar surface area (TPSA) is 78.5 Å². The Morgan fingerprint density at radius 2 is 1.75 bits per heavy atom. The fourth-order valence-electron chi connectivity index (χ4n) is 5.84. The number of carbonyl (C=O) groups excluding carboxylic acids is 1. The molecule has 244 valence electrons. The van der Waals surface area contributed by atoms with Crippen LogP contribution in [0.15, 0.2) is 48.5 Å². The summed E-state index contributed by atoms with van der Waals surface area (Å²) in [5.41, 5.74) is 2.09. The molecule has 1 N–H and O–H groups in total. The molecule has 1 aliphatic heterocycles. The number of hydrogen-bond donors (Lipinski definition) is 1. The lowest BCUT2D eigenvalue weighted by molar-refractivity contribution is -0.0313. The molecule has 1 saturated heterocycles. The third-order valence-corrected chi connectivity index (χ3v) is 13.9. The Labute approximate surface area is 265 Å². The van der Waals surface area contributed by atoms with Gasteiger partial charge in [-0.2, -0.15) is 0 Å². The van der Waals surface area contributed by atoms with E-state index in [1.165, 1.54) is 19.3 Å². The van der Waals surface area contributed by atoms with E-state index in [0.29, 0.717) is 43.4 Å². The summed E-state index contributed by atoms with van der Waals surface area (Å²) in [7, 11) is -0.118. The quantitative estimate of drug-likeness (QED) is 0.179. The van der Waals surface area contributed by atoms with Crippen molar-refractivity contribution in [1.29, 1.82) is 0 Å². The molecule has 4 rings (SSSR count). The predicted octanol–water partition coefficient (Wildman–Crippen LogP) is 6.97. The van der Waals surface area contributed by atoms with Gasteiger partial charge in [0.2, 0.25) is 0 Å². The summed E-state index contributed by atoms with van der Waals surface area (Å²) in [6.45, 7) is 15.4. The first-order valence-electron chi connectivity index (χ1n) is 16.3. The number of ether oxygens (including phenoxy) is 4. The number of nitrogens with one attached hydrogen (secondary N) is 1. The van der Waals surface area contributed by atoms with Crippen molar-refractivity contribution in [2.24, 2.45) is 0 Å². The van der Waals surface area contributed by atoms with Gasteiger partial charge < -0.3 is 28.7 Å². The lowest BCUT2D eigenvalue weighted by atomic mass is 9.91. The molecule has 1 saturated carbocycles. The van der Waals surface area contributed by atoms with Gasteiger partial charge in [-0.05, 0) is 67.1 Å². The summed E-state index contributed by atoms with van der Waals surface area (Å²) >= 11 is 0. The summed E-state index contributed by atoms with van der Waals surface area (Å²) in [5, 5.41) is 2.96. The number of carbonyl (C=O) groups is 1. The Hall–Kier alpha value is -2.59. The summed E-state index contributed by atoms with van der Waals surface area (Å²) in [6.07, 6.45) is 6.92. The van der Waals surface area contributed by atoms with Crippen LogP contribution in [0, 0.1) is 0 Å². The van der Waals surface area contributed by atoms with Gasteiger partial charge in [0.15, 0.2) is 19.8 Å². The molecule has 1 amide bonds. The van der Waals surface area contributed by atoms with Crippen molar-refractivity contribution in [1.82, 2.24) is 10.2 Å². The van der Waals surface area contributed by atoms with Crippen LogP contribution < -0.4 is 14.8 Å². The number of alkyl carbamates (subject to hydrolysis) is 1. The smallest absolute Gasteiger partial charge is 0.407 e. The van der Waals surface area contributed by atoms with Crippen molar-refractivity contribution in [2.45, 2.75) is 102 Å². The highest BCUT2D eigenvalue weighted by Crippen LogP contribution is 2.39. The molecule has 1 aliphatic carbocycles. The predicted molar refractivity (Wildman–Crippen MR) is 177 cm³/mol. The zero-order valence-corrected chi connectivity index (χ0v) is 28.7. The number of methoxy groups -OCH3 is 1. The molecule has 2 fully saturated rings. The monoisotopic (exact) mass is 626 g/mol. The van der Waals surface area contributed by atoms with E-state index >= 15 is 0 Å². The lowest BCUT2D eigenvalue weighted by Gasteiger charge is -2.40. The number of likely N-dealkylation sites (tertiary alicyclic amines) is 1. The SMILES string of the molecule is COc1cc(CCO[C@H]2CCCCC2N2CC[C@@H](O[Si](C)(C)C(C)(C)C)C2)ccc1OCCNC(=O)OCc1ccccc1. The van der Waals surface area contributed by atoms with Crippen molar-refractivity contribution >= 4 is 14.4 Å². The number of amides is 1. The third kappa shape index (κ3) is 9.96. The van der Waals surface area contributed by atoms with E-state index in [9.17, 15) is 4.79 Å². The highest BCUT2D eigenvalue weighted by molar-refractivity contribution is 6.74. The van der Waals surface area contributed by atoms with Gasteiger partial charge >= 0.3 is 6.09 Å². The van der Waals surface area contributed by atoms with Gasteiger partial charge in [-0.1, -0.05) is 70.0 Å². The summed E-state index contributed by atoms with van der Waals surface area (Å²) in [5.74, 6) is 1.32. The van der Waals surface area contributed by atoms with Gasteiger partial charge in [0, 0.05) is 19.1 Å². The number of rotatable bonds is 14. The van der Waals surface area contributed by atoms with Crippen molar-refractivity contribution in [3.05, 3.63) is 59.7 Å². The first-order chi connectivity index (χ1) is 21.1. The molecule has 0 bridgehead atoms. The van der Waals surface area contributed by atoms with Gasteiger partial charge in [0.05, 0.1) is 32.5 Å². The van der Waals surface area contributed by atoms with Crippen LogP contribution in [-0.4, -0.2) is 77.5 Å². The van der Waals surface area contributed by atoms with Gasteiger partial charge in [-0.3, -0.25) is 4.90 Å². The molecule has 0 spiro atoms. The molecule has 1 unspecified atom stereocenters. The van der Waals surface area contributed by atoms with Crippen molar-refractivity contribution < 1.29 is 28.2 Å². The average Bonchev–Trinajstić information content (AvgIpc) is 3.46. The van der Waals surface area contributed by atoms with Crippen LogP contribution in [0.4, 0.5) is 4.79 Å². The van der Waals surface area contributed by atoms with E-state index in [1.54, 1.807) is 7.11 Å². The fourth-order valence-corrected chi connectivity index (χ4v) is 7.22. The molecule has 2 aromatic carbocycles. The minimum absolute atomic E-state index is 0.235. The maximum atomic E-state index is 12.0. The zero-order chi connectivity index (χ0) is 31.6. The number of nitrogens with zero attached hydrogens (tertiary/aromatic N) is 1. The van der Waals surface area contributed by atoms with Crippen molar-refractivity contribution in [3.8, 4) is 11.5 Å². The maximum absolute atomic E-state index is 12.0. The van der Waals surface area contributed by atoms with Crippen LogP contribution in [0.25, 0.3) is 0 Å². The molecular weight excluding hydrogens is 572 g/mol. The summed E-state index contributed by atoms with van der Waals surface area (Å²) in [6, 6.07) is 16.1. The van der Waals surface area contributed by atoms with Crippen LogP contribution in [0.1, 0.15) is 64.0 Å². The molecule has 44 heavy (non-hydrogen) atoms. The van der Waals surface area contributed by atoms with Crippen molar-refractivity contribution in [2.75, 3.05) is 40.0 Å². The van der Waals surface area contributed by atoms with Crippen LogP contribution in [0.5, 0.6) is 11.5 Å². The standard InChI is InChI=1S/C35H54N2O6Si/c1-35(2,3)44(5,6)43-29-18-21-37(25-29)30-14-10-11-15-31(30)40-22-19-27-16-17-32(33(24-27)39-4)41-23-20-36-34(38)42-26-28-12-8-7-9-13-28/h7-9,12-13,16-17,24,29-31H,10-11,14-15,18-23,25-26H2,1-6H3,(H,36,38)/t29-,30?,31+/m1/s1. The molecule has 0 radical (unpaired) electrons. The second kappa shape index (κ2) is 16.1. The lowest BCUT2D eigenvalue weighted by Crippen LogP contribution is -2.48. The van der Waals surface area contributed by atoms with E-state index in [2.05, 4.69) is 50.1 Å². The van der Waals surface area contributed by atoms with Gasteiger partial charge in [-0.25, -0.2) is 4.79 Å². The molecular formula is C35H54N2O6Si. The molecule has 2 aromatic rings. The van der Waals surface area contributed by atoms with Crippen LogP contribution in [-0.2, 0) is 26.9 Å². The fraction of sp³-hybridized carbons (Fsp3) is 0.629. The molecule has 0 aromatic heterocycles. The minimum atomic E-state index is -1.76. The highest BCUT2D eigenvalue weighted by Gasteiger charge is 2.42. The van der Waals surface area contributed by atoms with E-state index in [0.717, 1.165) is 43.5 Å². The average molecular weight is 627 g/mol. The third-order valence-electron chi connectivity index (χ3n) is 9.37. The second-order valence-electron chi connectivity index (χ2n) is 13.6. The maximum Gasteiger partial charge on any atom is 0.407 e. The van der Waals surface area contributed by atoms with Crippen LogP contribution in [0.2, 0.25) is 18.1 Å². The second-order valence-corrected chi connectivity index (χ2v) is 18.4. The van der Waals surface area contributed by atoms with Gasteiger partial charge in [0.1, 0.15) is 13.2 Å². The largest absolute Gasteiger partial charge is 0.493 e. The Morgan fingerprint density at radius 1 is 0.977 bits per heavy atom. The minimum Gasteiger partial charge on any atom is -0.493 e. The summed E-state index contributed by atoms with van der Waals surface area (Å²) < 4.78 is 30.1. The van der Waals surface area contributed by atoms with Gasteiger partial charge in [-0.15, -0.1) is 0 Å². The van der Waals surface area contributed by atoms with E-state index < -0.39 is 14.4 Å². The Morgan fingerprint density at radius 3 is 2.50 bits per heavy atom. The molecule has 8 nitrogen and oxygen atoms in total. The van der Waals surface area contributed by atoms with Crippen LogP contribution in [0.3, 0.4) is 0 Å².